The zero-order valence-electron chi connectivity index (χ0n) is 8.31. The molecule has 2 heterocycles. The summed E-state index contributed by atoms with van der Waals surface area (Å²) in [6, 6.07) is 3.88. The molecule has 0 atom stereocenters. The maximum absolute atomic E-state index is 13.6. The molecule has 0 aromatic carbocycles. The fourth-order valence-corrected chi connectivity index (χ4v) is 2.91. The fourth-order valence-electron chi connectivity index (χ4n) is 1.79. The summed E-state index contributed by atoms with van der Waals surface area (Å²) in [5, 5.41) is 1.00. The highest BCUT2D eigenvalue weighted by Crippen LogP contribution is 2.39. The Morgan fingerprint density at radius 3 is 3.19 bits per heavy atom. The number of hydrogen-bond donors (Lipinski definition) is 0. The summed E-state index contributed by atoms with van der Waals surface area (Å²) in [5.41, 5.74) is 0.535. The van der Waals surface area contributed by atoms with Gasteiger partial charge in [-0.3, -0.25) is 4.79 Å². The highest BCUT2D eigenvalue weighted by atomic mass is 32.2. The minimum atomic E-state index is -0.430. The topological polar surface area (TPSA) is 22.0 Å². The van der Waals surface area contributed by atoms with E-state index >= 15 is 0 Å². The minimum absolute atomic E-state index is 0.169. The molecule has 1 aliphatic heterocycles. The van der Waals surface area contributed by atoms with Gasteiger partial charge in [-0.1, -0.05) is 11.8 Å². The molecule has 2 aliphatic rings. The second-order valence-electron chi connectivity index (χ2n) is 3.64. The van der Waals surface area contributed by atoms with E-state index in [1.54, 1.807) is 6.08 Å². The van der Waals surface area contributed by atoms with Crippen molar-refractivity contribution < 1.29 is 9.18 Å². The molecule has 1 aliphatic carbocycles. The number of nitrogens with zero attached hydrogens (tertiary/aromatic N) is 1. The smallest absolute Gasteiger partial charge is 0.163 e. The number of carbonyl (C=O) groups excluding carboxylic acids is 1. The molecule has 0 fully saturated rings. The Morgan fingerprint density at radius 1 is 1.44 bits per heavy atom. The first-order valence-corrected chi connectivity index (χ1v) is 5.72. The molecular weight excluding hydrogens is 225 g/mol. The number of carbonyl (C=O) groups is 1. The number of thioether (sulfide) groups is 1. The molecule has 80 valence electrons. The van der Waals surface area contributed by atoms with Crippen LogP contribution in [0.25, 0.3) is 6.20 Å². The molecule has 4 heteroatoms. The predicted octanol–water partition coefficient (Wildman–Crippen LogP) is 3.14. The molecule has 0 bridgehead atoms. The Bertz CT molecular complexity index is 565. The van der Waals surface area contributed by atoms with Crippen molar-refractivity contribution in [3.8, 4) is 0 Å². The fraction of sp³-hybridized carbons (Fsp3) is 0.0833. The van der Waals surface area contributed by atoms with Gasteiger partial charge in [0.1, 0.15) is 5.83 Å². The second-order valence-corrected chi connectivity index (χ2v) is 4.76. The highest BCUT2D eigenvalue weighted by molar-refractivity contribution is 8.03. The van der Waals surface area contributed by atoms with Crippen molar-refractivity contribution in [2.45, 2.75) is 11.4 Å². The van der Waals surface area contributed by atoms with E-state index in [4.69, 9.17) is 0 Å². The Kier molecular flexibility index (Phi) is 2.11. The lowest BCUT2D eigenvalue weighted by Gasteiger charge is -2.11. The van der Waals surface area contributed by atoms with Crippen LogP contribution in [0.2, 0.25) is 0 Å². The van der Waals surface area contributed by atoms with Gasteiger partial charge in [0.2, 0.25) is 0 Å². The third-order valence-electron chi connectivity index (χ3n) is 2.55. The van der Waals surface area contributed by atoms with E-state index in [2.05, 4.69) is 0 Å². The Balaban J connectivity index is 2.11. The molecule has 1 aromatic heterocycles. The molecule has 0 saturated carbocycles. The molecule has 1 aromatic rings. The molecule has 2 nitrogen and oxygen atoms in total. The Labute approximate surface area is 96.1 Å². The zero-order valence-corrected chi connectivity index (χ0v) is 9.13. The number of fused-ring (bicyclic) bond motifs is 1. The van der Waals surface area contributed by atoms with Gasteiger partial charge < -0.3 is 4.57 Å². The van der Waals surface area contributed by atoms with Gasteiger partial charge in [-0.25, -0.2) is 4.39 Å². The highest BCUT2D eigenvalue weighted by Gasteiger charge is 2.22. The molecular formula is C12H8FNOS. The SMILES string of the molecule is O=C1C=C(F)C2=C(C1)Sc1cccn1C=C2. The molecule has 0 spiro atoms. The van der Waals surface area contributed by atoms with Crippen LogP contribution in [-0.2, 0) is 4.79 Å². The van der Waals surface area contributed by atoms with Crippen molar-refractivity contribution >= 4 is 23.7 Å². The third-order valence-corrected chi connectivity index (χ3v) is 3.72. The quantitative estimate of drug-likeness (QED) is 0.686. The number of allylic oxidation sites excluding steroid dienone is 5. The minimum Gasteiger partial charge on any atom is -0.318 e. The summed E-state index contributed by atoms with van der Waals surface area (Å²) in [5.74, 6) is -0.599. The van der Waals surface area contributed by atoms with Gasteiger partial charge in [0.15, 0.2) is 5.78 Å². The lowest BCUT2D eigenvalue weighted by Crippen LogP contribution is -2.03. The summed E-state index contributed by atoms with van der Waals surface area (Å²) in [6.45, 7) is 0. The van der Waals surface area contributed by atoms with Crippen LogP contribution in [0.3, 0.4) is 0 Å². The number of halogens is 1. The first-order chi connectivity index (χ1) is 7.74. The first-order valence-electron chi connectivity index (χ1n) is 4.90. The van der Waals surface area contributed by atoms with Crippen molar-refractivity contribution in [3.05, 3.63) is 46.8 Å². The summed E-state index contributed by atoms with van der Waals surface area (Å²) >= 11 is 1.45. The number of rotatable bonds is 0. The lowest BCUT2D eigenvalue weighted by atomic mass is 10.0. The van der Waals surface area contributed by atoms with Gasteiger partial charge in [0, 0.05) is 35.4 Å². The van der Waals surface area contributed by atoms with Crippen LogP contribution < -0.4 is 0 Å². The number of aromatic nitrogens is 1. The summed E-state index contributed by atoms with van der Waals surface area (Å²) in [4.78, 5) is 12.1. The van der Waals surface area contributed by atoms with Crippen LogP contribution in [0.5, 0.6) is 0 Å². The first kappa shape index (κ1) is 9.66. The average Bonchev–Trinajstić information content (AvgIpc) is 2.57. The predicted molar refractivity (Wildman–Crippen MR) is 61.5 cm³/mol. The van der Waals surface area contributed by atoms with Gasteiger partial charge in [0.05, 0.1) is 5.03 Å². The average molecular weight is 233 g/mol. The van der Waals surface area contributed by atoms with Crippen LogP contribution in [-0.4, -0.2) is 10.4 Å². The van der Waals surface area contributed by atoms with Gasteiger partial charge >= 0.3 is 0 Å². The molecule has 0 unspecified atom stereocenters. The van der Waals surface area contributed by atoms with Crippen molar-refractivity contribution in [2.75, 3.05) is 0 Å². The van der Waals surface area contributed by atoms with E-state index < -0.39 is 5.83 Å². The summed E-state index contributed by atoms with van der Waals surface area (Å²) in [6.07, 6.45) is 6.80. The number of ketones is 1. The zero-order chi connectivity index (χ0) is 11.1. The van der Waals surface area contributed by atoms with Crippen molar-refractivity contribution in [1.82, 2.24) is 4.57 Å². The van der Waals surface area contributed by atoms with Crippen molar-refractivity contribution in [3.63, 3.8) is 0 Å². The summed E-state index contributed by atoms with van der Waals surface area (Å²) < 4.78 is 15.5. The van der Waals surface area contributed by atoms with Crippen LogP contribution in [0, 0.1) is 0 Å². The second kappa shape index (κ2) is 3.49. The van der Waals surface area contributed by atoms with Gasteiger partial charge in [0.25, 0.3) is 0 Å². The van der Waals surface area contributed by atoms with Crippen LogP contribution in [0.4, 0.5) is 4.39 Å². The molecule has 3 rings (SSSR count). The molecule has 0 saturated heterocycles. The summed E-state index contributed by atoms with van der Waals surface area (Å²) in [7, 11) is 0. The van der Waals surface area contributed by atoms with E-state index in [0.717, 1.165) is 16.0 Å². The van der Waals surface area contributed by atoms with Crippen LogP contribution in [0.1, 0.15) is 6.42 Å². The van der Waals surface area contributed by atoms with Gasteiger partial charge in [-0.2, -0.15) is 0 Å². The van der Waals surface area contributed by atoms with Crippen molar-refractivity contribution in [1.29, 1.82) is 0 Å². The monoisotopic (exact) mass is 233 g/mol. The maximum Gasteiger partial charge on any atom is 0.163 e. The molecule has 16 heavy (non-hydrogen) atoms. The maximum atomic E-state index is 13.6. The van der Waals surface area contributed by atoms with E-state index in [1.165, 1.54) is 11.8 Å². The Hall–Kier alpha value is -1.55. The molecule has 0 radical (unpaired) electrons. The number of hydrogen-bond acceptors (Lipinski definition) is 2. The van der Waals surface area contributed by atoms with E-state index in [0.29, 0.717) is 12.0 Å². The van der Waals surface area contributed by atoms with Gasteiger partial charge in [-0.05, 0) is 18.2 Å². The largest absolute Gasteiger partial charge is 0.318 e. The standard InChI is InChI=1S/C12H8FNOS/c13-10-6-8(15)7-11-9(10)3-5-14-4-1-2-12(14)16-11/h1-6H,7H2. The Morgan fingerprint density at radius 2 is 2.31 bits per heavy atom. The van der Waals surface area contributed by atoms with Crippen molar-refractivity contribution in [2.24, 2.45) is 0 Å². The molecule has 0 N–H and O–H groups in total. The van der Waals surface area contributed by atoms with Crippen LogP contribution in [0.15, 0.2) is 51.8 Å². The normalized spacial score (nSPS) is 19.1. The van der Waals surface area contributed by atoms with E-state index in [9.17, 15) is 9.18 Å². The molecule has 0 amide bonds. The lowest BCUT2D eigenvalue weighted by molar-refractivity contribution is -0.114. The third kappa shape index (κ3) is 1.46. The van der Waals surface area contributed by atoms with E-state index in [1.807, 2.05) is 29.1 Å². The van der Waals surface area contributed by atoms with Gasteiger partial charge in [-0.15, -0.1) is 0 Å². The van der Waals surface area contributed by atoms with E-state index in [-0.39, 0.29) is 5.78 Å². The van der Waals surface area contributed by atoms with Crippen LogP contribution >= 0.6 is 11.8 Å².